The standard InChI is InChI=1S/C30H46O7/c1-15(10-17(31)11-16(2)26(36)37)18-12-23(35)30(7)25-19(32)13-21-27(3,4)22(34)8-9-28(21,5)24(25)20(33)14-29(18,30)6/h15-16,18-19,21-23,32,34-35H,8-14H2,1-7H3,(H,36,37)/t15?,16?,18?,19-,21?,22-,23-,28?,29?,30-/m0/s1. The molecule has 0 aromatic heterocycles. The first kappa shape index (κ1) is 28.4. The van der Waals surface area contributed by atoms with Crippen molar-refractivity contribution >= 4 is 17.5 Å². The van der Waals surface area contributed by atoms with Gasteiger partial charge in [0.15, 0.2) is 5.78 Å². The van der Waals surface area contributed by atoms with Crippen LogP contribution >= 0.6 is 0 Å². The second-order valence-electron chi connectivity index (χ2n) is 14.1. The van der Waals surface area contributed by atoms with E-state index in [0.717, 1.165) is 0 Å². The summed E-state index contributed by atoms with van der Waals surface area (Å²) in [6.07, 6.45) is 0.391. The molecule has 4 rings (SSSR count). The van der Waals surface area contributed by atoms with Crippen molar-refractivity contribution in [3.63, 3.8) is 0 Å². The van der Waals surface area contributed by atoms with Gasteiger partial charge in [0.2, 0.25) is 0 Å². The van der Waals surface area contributed by atoms with Gasteiger partial charge in [-0.25, -0.2) is 0 Å². The summed E-state index contributed by atoms with van der Waals surface area (Å²) >= 11 is 0. The minimum atomic E-state index is -0.995. The number of rotatable bonds is 6. The molecule has 37 heavy (non-hydrogen) atoms. The predicted molar refractivity (Wildman–Crippen MR) is 138 cm³/mol. The molecular weight excluding hydrogens is 472 g/mol. The quantitative estimate of drug-likeness (QED) is 0.419. The molecule has 2 saturated carbocycles. The van der Waals surface area contributed by atoms with Crippen molar-refractivity contribution in [2.45, 2.75) is 112 Å². The lowest BCUT2D eigenvalue weighted by Gasteiger charge is -2.62. The molecule has 7 nitrogen and oxygen atoms in total. The number of ketones is 2. The fourth-order valence-corrected chi connectivity index (χ4v) is 9.39. The van der Waals surface area contributed by atoms with Gasteiger partial charge in [0.25, 0.3) is 0 Å². The average molecular weight is 519 g/mol. The Morgan fingerprint density at radius 2 is 1.59 bits per heavy atom. The number of carbonyl (C=O) groups is 3. The van der Waals surface area contributed by atoms with Gasteiger partial charge in [-0.2, -0.15) is 0 Å². The van der Waals surface area contributed by atoms with Crippen LogP contribution < -0.4 is 0 Å². The van der Waals surface area contributed by atoms with Gasteiger partial charge in [-0.15, -0.1) is 0 Å². The number of carboxylic acids is 1. The number of carbonyl (C=O) groups excluding carboxylic acids is 2. The van der Waals surface area contributed by atoms with E-state index >= 15 is 0 Å². The van der Waals surface area contributed by atoms with Gasteiger partial charge >= 0.3 is 5.97 Å². The summed E-state index contributed by atoms with van der Waals surface area (Å²) in [4.78, 5) is 38.0. The molecule has 0 saturated heterocycles. The molecule has 0 aromatic rings. The number of hydrogen-bond acceptors (Lipinski definition) is 6. The molecule has 6 unspecified atom stereocenters. The number of Topliss-reactive ketones (excluding diaryl/α,β-unsaturated/α-hetero) is 2. The molecule has 0 radical (unpaired) electrons. The maximum absolute atomic E-state index is 14.1. The van der Waals surface area contributed by atoms with Crippen molar-refractivity contribution < 1.29 is 34.8 Å². The monoisotopic (exact) mass is 518 g/mol. The normalized spacial score (nSPS) is 44.5. The molecule has 4 aliphatic rings. The molecule has 0 spiro atoms. The van der Waals surface area contributed by atoms with E-state index in [0.29, 0.717) is 36.8 Å². The van der Waals surface area contributed by atoms with E-state index in [1.54, 1.807) is 0 Å². The van der Waals surface area contributed by atoms with Crippen molar-refractivity contribution in [1.82, 2.24) is 0 Å². The fourth-order valence-electron chi connectivity index (χ4n) is 9.39. The van der Waals surface area contributed by atoms with Crippen molar-refractivity contribution in [3.05, 3.63) is 11.1 Å². The molecule has 0 amide bonds. The maximum atomic E-state index is 14.1. The molecule has 0 aromatic carbocycles. The number of allylic oxidation sites excluding steroid dienone is 1. The first-order valence-electron chi connectivity index (χ1n) is 14.0. The lowest BCUT2D eigenvalue weighted by atomic mass is 9.42. The summed E-state index contributed by atoms with van der Waals surface area (Å²) in [5, 5.41) is 43.3. The van der Waals surface area contributed by atoms with Gasteiger partial charge in [0.05, 0.1) is 24.2 Å². The molecule has 2 fully saturated rings. The van der Waals surface area contributed by atoms with Gasteiger partial charge in [-0.1, -0.05) is 48.5 Å². The molecule has 208 valence electrons. The number of aliphatic carboxylic acids is 1. The number of carboxylic acid groups (broad SMARTS) is 1. The minimum Gasteiger partial charge on any atom is -0.481 e. The third-order valence-corrected chi connectivity index (χ3v) is 11.8. The van der Waals surface area contributed by atoms with E-state index in [2.05, 4.69) is 6.92 Å². The summed E-state index contributed by atoms with van der Waals surface area (Å²) in [5.41, 5.74) is -1.03. The maximum Gasteiger partial charge on any atom is 0.306 e. The zero-order chi connectivity index (χ0) is 27.9. The van der Waals surface area contributed by atoms with Crippen molar-refractivity contribution in [3.8, 4) is 0 Å². The van der Waals surface area contributed by atoms with Crippen LogP contribution in [-0.4, -0.2) is 56.3 Å². The third kappa shape index (κ3) is 3.89. The van der Waals surface area contributed by atoms with Crippen molar-refractivity contribution in [2.75, 3.05) is 0 Å². The summed E-state index contributed by atoms with van der Waals surface area (Å²) in [6.45, 7) is 13.7. The van der Waals surface area contributed by atoms with Gasteiger partial charge in [0, 0.05) is 30.3 Å². The van der Waals surface area contributed by atoms with Crippen LogP contribution in [0.5, 0.6) is 0 Å². The Hall–Kier alpha value is -1.57. The molecule has 7 heteroatoms. The molecule has 10 atom stereocenters. The Bertz CT molecular complexity index is 1030. The predicted octanol–water partition coefficient (Wildman–Crippen LogP) is 3.92. The number of fused-ring (bicyclic) bond motifs is 4. The van der Waals surface area contributed by atoms with Crippen LogP contribution in [0.25, 0.3) is 0 Å². The third-order valence-electron chi connectivity index (χ3n) is 11.8. The van der Waals surface area contributed by atoms with Crippen molar-refractivity contribution in [1.29, 1.82) is 0 Å². The molecule has 0 aliphatic heterocycles. The van der Waals surface area contributed by atoms with Crippen LogP contribution in [0.1, 0.15) is 93.4 Å². The Balaban J connectivity index is 1.74. The topological polar surface area (TPSA) is 132 Å². The Morgan fingerprint density at radius 3 is 2.19 bits per heavy atom. The summed E-state index contributed by atoms with van der Waals surface area (Å²) in [5.74, 6) is -2.17. The minimum absolute atomic E-state index is 0.0190. The van der Waals surface area contributed by atoms with Crippen LogP contribution in [0.4, 0.5) is 0 Å². The van der Waals surface area contributed by atoms with Crippen molar-refractivity contribution in [2.24, 2.45) is 45.3 Å². The molecule has 0 bridgehead atoms. The molecule has 4 aliphatic carbocycles. The number of aliphatic hydroxyl groups excluding tert-OH is 3. The van der Waals surface area contributed by atoms with E-state index in [4.69, 9.17) is 0 Å². The highest BCUT2D eigenvalue weighted by Gasteiger charge is 2.70. The lowest BCUT2D eigenvalue weighted by Crippen LogP contribution is -2.61. The average Bonchev–Trinajstić information content (AvgIpc) is 2.99. The SMILES string of the molecule is CC(CC(=O)CC(C)C1C[C@H](O)[C@@]2(C)C3=C(C(=O)CC12C)C1(C)CC[C@H](O)C(C)(C)C1C[C@@H]3O)C(=O)O. The molecular formula is C30H46O7. The summed E-state index contributed by atoms with van der Waals surface area (Å²) < 4.78 is 0. The zero-order valence-electron chi connectivity index (χ0n) is 23.5. The highest BCUT2D eigenvalue weighted by molar-refractivity contribution is 6.00. The zero-order valence-corrected chi connectivity index (χ0v) is 23.5. The van der Waals surface area contributed by atoms with Crippen LogP contribution in [0.2, 0.25) is 0 Å². The smallest absolute Gasteiger partial charge is 0.306 e. The van der Waals surface area contributed by atoms with E-state index in [9.17, 15) is 34.8 Å². The van der Waals surface area contributed by atoms with Crippen LogP contribution in [-0.2, 0) is 14.4 Å². The number of aliphatic hydroxyl groups is 3. The molecule has 0 heterocycles. The van der Waals surface area contributed by atoms with Crippen LogP contribution in [0.3, 0.4) is 0 Å². The second-order valence-corrected chi connectivity index (χ2v) is 14.1. The van der Waals surface area contributed by atoms with Gasteiger partial charge in [-0.05, 0) is 65.3 Å². The van der Waals surface area contributed by atoms with Crippen LogP contribution in [0.15, 0.2) is 11.1 Å². The Labute approximate surface area is 220 Å². The first-order valence-corrected chi connectivity index (χ1v) is 14.0. The Morgan fingerprint density at radius 1 is 0.973 bits per heavy atom. The van der Waals surface area contributed by atoms with Gasteiger partial charge in [0.1, 0.15) is 5.78 Å². The fraction of sp³-hybridized carbons (Fsp3) is 0.833. The van der Waals surface area contributed by atoms with E-state index in [1.807, 2.05) is 34.6 Å². The Kier molecular flexibility index (Phi) is 6.91. The largest absolute Gasteiger partial charge is 0.481 e. The highest BCUT2D eigenvalue weighted by atomic mass is 16.4. The second kappa shape index (κ2) is 8.99. The highest BCUT2D eigenvalue weighted by Crippen LogP contribution is 2.71. The van der Waals surface area contributed by atoms with E-state index in [-0.39, 0.29) is 48.6 Å². The van der Waals surface area contributed by atoms with Gasteiger partial charge < -0.3 is 20.4 Å². The number of hydrogen-bond donors (Lipinski definition) is 4. The molecule has 4 N–H and O–H groups in total. The lowest BCUT2D eigenvalue weighted by molar-refractivity contribution is -0.143. The summed E-state index contributed by atoms with van der Waals surface area (Å²) in [6, 6.07) is 0. The summed E-state index contributed by atoms with van der Waals surface area (Å²) in [7, 11) is 0. The van der Waals surface area contributed by atoms with Gasteiger partial charge in [-0.3, -0.25) is 14.4 Å². The van der Waals surface area contributed by atoms with Crippen LogP contribution in [0, 0.1) is 45.3 Å². The van der Waals surface area contributed by atoms with E-state index < -0.39 is 51.9 Å². The van der Waals surface area contributed by atoms with E-state index in [1.165, 1.54) is 6.92 Å². The first-order chi connectivity index (χ1) is 16.9.